The molecule has 2 heterocycles. The van der Waals surface area contributed by atoms with Gasteiger partial charge >= 0.3 is 0 Å². The molecule has 3 rings (SSSR count). The number of pyridine rings is 1. The van der Waals surface area contributed by atoms with Crippen molar-refractivity contribution in [3.63, 3.8) is 0 Å². The molecule has 5 nitrogen and oxygen atoms in total. The van der Waals surface area contributed by atoms with Crippen LogP contribution in [0.1, 0.15) is 0 Å². The number of anilines is 2. The molecule has 0 saturated carbocycles. The molecular weight excluding hydrogens is 281 g/mol. The second-order valence-corrected chi connectivity index (χ2v) is 7.14. The van der Waals surface area contributed by atoms with Crippen LogP contribution in [0.25, 0.3) is 10.9 Å². The lowest BCUT2D eigenvalue weighted by atomic mass is 10.1. The zero-order valence-corrected chi connectivity index (χ0v) is 11.5. The Kier molecular flexibility index (Phi) is 3.01. The summed E-state index contributed by atoms with van der Waals surface area (Å²) in [5, 5.41) is 0.678. The molecule has 0 aliphatic carbocycles. The number of fused-ring (bicyclic) bond motifs is 1. The third-order valence-electron chi connectivity index (χ3n) is 3.51. The summed E-state index contributed by atoms with van der Waals surface area (Å²) in [6.07, 6.45) is 1.57. The van der Waals surface area contributed by atoms with Crippen LogP contribution in [0.15, 0.2) is 24.4 Å². The molecule has 0 bridgehead atoms. The molecule has 20 heavy (non-hydrogen) atoms. The van der Waals surface area contributed by atoms with Crippen molar-refractivity contribution in [2.45, 2.75) is 0 Å². The van der Waals surface area contributed by atoms with Crippen LogP contribution in [0.2, 0.25) is 0 Å². The van der Waals surface area contributed by atoms with Crippen LogP contribution in [0, 0.1) is 5.82 Å². The molecule has 1 fully saturated rings. The molecule has 2 aromatic rings. The van der Waals surface area contributed by atoms with E-state index < -0.39 is 15.7 Å². The zero-order valence-electron chi connectivity index (χ0n) is 10.7. The Balaban J connectivity index is 2.12. The first-order valence-electron chi connectivity index (χ1n) is 6.26. The molecule has 1 saturated heterocycles. The van der Waals surface area contributed by atoms with E-state index >= 15 is 0 Å². The molecule has 1 aliphatic rings. The average molecular weight is 295 g/mol. The van der Waals surface area contributed by atoms with Crippen molar-refractivity contribution in [3.8, 4) is 0 Å². The Bertz CT molecular complexity index is 763. The molecule has 0 unspecified atom stereocenters. The Hall–Kier alpha value is -1.89. The van der Waals surface area contributed by atoms with Crippen LogP contribution in [0.4, 0.5) is 15.8 Å². The fraction of sp³-hybridized carbons (Fsp3) is 0.308. The molecular formula is C13H14FN3O2S. The highest BCUT2D eigenvalue weighted by atomic mass is 32.2. The summed E-state index contributed by atoms with van der Waals surface area (Å²) in [7, 11) is -3.01. The number of nitrogen functional groups attached to an aromatic ring is 1. The van der Waals surface area contributed by atoms with Gasteiger partial charge in [0.15, 0.2) is 15.7 Å². The summed E-state index contributed by atoms with van der Waals surface area (Å²) >= 11 is 0. The molecule has 1 aromatic carbocycles. The van der Waals surface area contributed by atoms with E-state index in [0.29, 0.717) is 22.3 Å². The third kappa shape index (κ3) is 2.18. The summed E-state index contributed by atoms with van der Waals surface area (Å²) in [6.45, 7) is 0.545. The fourth-order valence-corrected chi connectivity index (χ4v) is 3.66. The second-order valence-electron chi connectivity index (χ2n) is 4.83. The maximum absolute atomic E-state index is 14.2. The van der Waals surface area contributed by atoms with Crippen molar-refractivity contribution in [2.75, 3.05) is 35.2 Å². The highest BCUT2D eigenvalue weighted by Gasteiger charge is 2.25. The van der Waals surface area contributed by atoms with Gasteiger partial charge in [-0.25, -0.2) is 12.8 Å². The Morgan fingerprint density at radius 2 is 2.00 bits per heavy atom. The van der Waals surface area contributed by atoms with E-state index in [-0.39, 0.29) is 24.6 Å². The highest BCUT2D eigenvalue weighted by molar-refractivity contribution is 7.91. The van der Waals surface area contributed by atoms with Gasteiger partial charge in [-0.15, -0.1) is 0 Å². The predicted octanol–water partition coefficient (Wildman–Crippen LogP) is 1.19. The van der Waals surface area contributed by atoms with Crippen molar-refractivity contribution in [1.29, 1.82) is 0 Å². The number of sulfone groups is 1. The van der Waals surface area contributed by atoms with E-state index in [9.17, 15) is 12.8 Å². The third-order valence-corrected chi connectivity index (χ3v) is 5.12. The summed E-state index contributed by atoms with van der Waals surface area (Å²) in [5.41, 5.74) is 6.95. The van der Waals surface area contributed by atoms with Gasteiger partial charge in [-0.2, -0.15) is 0 Å². The Morgan fingerprint density at radius 3 is 2.70 bits per heavy atom. The summed E-state index contributed by atoms with van der Waals surface area (Å²) in [4.78, 5) is 5.93. The van der Waals surface area contributed by atoms with Crippen molar-refractivity contribution in [1.82, 2.24) is 4.98 Å². The fourth-order valence-electron chi connectivity index (χ4n) is 2.46. The van der Waals surface area contributed by atoms with E-state index in [1.165, 1.54) is 6.07 Å². The van der Waals surface area contributed by atoms with Gasteiger partial charge in [0.05, 0.1) is 22.7 Å². The van der Waals surface area contributed by atoms with Crippen molar-refractivity contribution in [3.05, 3.63) is 30.2 Å². The Morgan fingerprint density at radius 1 is 1.30 bits per heavy atom. The van der Waals surface area contributed by atoms with Gasteiger partial charge in [0.1, 0.15) is 0 Å². The van der Waals surface area contributed by atoms with Gasteiger partial charge < -0.3 is 10.6 Å². The van der Waals surface area contributed by atoms with E-state index in [1.54, 1.807) is 23.2 Å². The van der Waals surface area contributed by atoms with Gasteiger partial charge in [0, 0.05) is 30.4 Å². The monoisotopic (exact) mass is 295 g/mol. The second kappa shape index (κ2) is 4.59. The summed E-state index contributed by atoms with van der Waals surface area (Å²) in [6, 6.07) is 4.78. The molecule has 2 N–H and O–H groups in total. The first kappa shape index (κ1) is 13.1. The molecule has 1 aliphatic heterocycles. The number of aromatic nitrogens is 1. The molecule has 7 heteroatoms. The molecule has 0 spiro atoms. The molecule has 0 amide bonds. The maximum Gasteiger partial charge on any atom is 0.153 e. The number of nitrogens with two attached hydrogens (primary N) is 1. The number of rotatable bonds is 1. The minimum absolute atomic E-state index is 0.0329. The Labute approximate surface area is 116 Å². The molecule has 1 aromatic heterocycles. The van der Waals surface area contributed by atoms with Crippen LogP contribution in [0.3, 0.4) is 0 Å². The summed E-state index contributed by atoms with van der Waals surface area (Å²) in [5.74, 6) is -0.399. The number of halogens is 1. The van der Waals surface area contributed by atoms with Crippen molar-refractivity contribution < 1.29 is 12.8 Å². The number of nitrogens with zero attached hydrogens (tertiary/aromatic N) is 2. The number of hydrogen-bond acceptors (Lipinski definition) is 5. The highest BCUT2D eigenvalue weighted by Crippen LogP contribution is 2.33. The molecule has 106 valence electrons. The van der Waals surface area contributed by atoms with Crippen LogP contribution in [-0.4, -0.2) is 38.0 Å². The van der Waals surface area contributed by atoms with Gasteiger partial charge in [-0.1, -0.05) is 0 Å². The number of benzene rings is 1. The lowest BCUT2D eigenvalue weighted by Gasteiger charge is -2.29. The lowest BCUT2D eigenvalue weighted by molar-refractivity contribution is 0.582. The smallest absolute Gasteiger partial charge is 0.153 e. The average Bonchev–Trinajstić information content (AvgIpc) is 2.40. The predicted molar refractivity (Wildman–Crippen MR) is 77.0 cm³/mol. The van der Waals surface area contributed by atoms with Crippen LogP contribution in [0.5, 0.6) is 0 Å². The van der Waals surface area contributed by atoms with Crippen molar-refractivity contribution >= 4 is 32.1 Å². The zero-order chi connectivity index (χ0) is 14.3. The normalized spacial score (nSPS) is 18.4. The van der Waals surface area contributed by atoms with Crippen LogP contribution >= 0.6 is 0 Å². The van der Waals surface area contributed by atoms with E-state index in [0.717, 1.165) is 0 Å². The first-order valence-corrected chi connectivity index (χ1v) is 8.08. The lowest BCUT2D eigenvalue weighted by Crippen LogP contribution is -2.40. The quantitative estimate of drug-likeness (QED) is 0.800. The standard InChI is InChI=1S/C13H14FN3O2S/c14-10-8-11(15)9-2-1-3-16-12(9)13(10)17-4-6-20(18,19)7-5-17/h1-3,8H,4-7,15H2. The van der Waals surface area contributed by atoms with Crippen molar-refractivity contribution in [2.24, 2.45) is 0 Å². The van der Waals surface area contributed by atoms with Crippen LogP contribution in [-0.2, 0) is 9.84 Å². The van der Waals surface area contributed by atoms with Gasteiger partial charge in [0.25, 0.3) is 0 Å². The van der Waals surface area contributed by atoms with E-state index in [1.807, 2.05) is 0 Å². The van der Waals surface area contributed by atoms with Gasteiger partial charge in [-0.05, 0) is 18.2 Å². The largest absolute Gasteiger partial charge is 0.398 e. The minimum atomic E-state index is -3.01. The minimum Gasteiger partial charge on any atom is -0.398 e. The SMILES string of the molecule is Nc1cc(F)c(N2CCS(=O)(=O)CC2)c2ncccc12. The van der Waals surface area contributed by atoms with E-state index in [4.69, 9.17) is 5.73 Å². The molecule has 0 radical (unpaired) electrons. The van der Waals surface area contributed by atoms with E-state index in [2.05, 4.69) is 4.98 Å². The maximum atomic E-state index is 14.2. The topological polar surface area (TPSA) is 76.3 Å². The summed E-state index contributed by atoms with van der Waals surface area (Å²) < 4.78 is 37.2. The van der Waals surface area contributed by atoms with Crippen LogP contribution < -0.4 is 10.6 Å². The molecule has 0 atom stereocenters. The van der Waals surface area contributed by atoms with Gasteiger partial charge in [-0.3, -0.25) is 4.98 Å². The number of hydrogen-bond donors (Lipinski definition) is 1. The first-order chi connectivity index (χ1) is 9.48. The van der Waals surface area contributed by atoms with Gasteiger partial charge in [0.2, 0.25) is 0 Å².